The van der Waals surface area contributed by atoms with Crippen LogP contribution in [0.1, 0.15) is 0 Å². The van der Waals surface area contributed by atoms with E-state index in [0.717, 1.165) is 25.2 Å². The lowest BCUT2D eigenvalue weighted by molar-refractivity contribution is 0.482. The van der Waals surface area contributed by atoms with Crippen molar-refractivity contribution in [3.63, 3.8) is 0 Å². The predicted octanol–water partition coefficient (Wildman–Crippen LogP) is 4.41. The van der Waals surface area contributed by atoms with Crippen molar-refractivity contribution in [2.75, 3.05) is 0 Å². The minimum absolute atomic E-state index is 0.338. The topological polar surface area (TPSA) is 20.2 Å². The third-order valence-electron chi connectivity index (χ3n) is 2.44. The molecular weight excluding hydrogens is 228 g/mol. The van der Waals surface area contributed by atoms with Crippen molar-refractivity contribution in [1.29, 1.82) is 0 Å². The predicted molar refractivity (Wildman–Crippen MR) is 66.0 cm³/mol. The van der Waals surface area contributed by atoms with Crippen molar-refractivity contribution < 1.29 is 5.11 Å². The minimum Gasteiger partial charge on any atom is -0.506 e. The van der Waals surface area contributed by atoms with Gasteiger partial charge in [0.2, 0.25) is 0 Å². The van der Waals surface area contributed by atoms with Crippen molar-refractivity contribution in [2.45, 2.75) is 0 Å². The van der Waals surface area contributed by atoms with Gasteiger partial charge in [0.05, 0.1) is 4.70 Å². The van der Waals surface area contributed by atoms with Gasteiger partial charge < -0.3 is 5.11 Å². The molecule has 3 aromatic rings. The monoisotopic (exact) mass is 234 g/mol. The first kappa shape index (κ1) is 9.01. The molecule has 3 rings (SSSR count). The number of halogens is 1. The largest absolute Gasteiger partial charge is 0.506 e. The number of hydrogen-bond donors (Lipinski definition) is 1. The highest BCUT2D eigenvalue weighted by molar-refractivity contribution is 7.26. The van der Waals surface area contributed by atoms with E-state index in [2.05, 4.69) is 0 Å². The van der Waals surface area contributed by atoms with Gasteiger partial charge in [0, 0.05) is 20.5 Å². The molecule has 0 aliphatic carbocycles. The normalized spacial score (nSPS) is 11.3. The first-order valence-corrected chi connectivity index (χ1v) is 5.75. The Kier molecular flexibility index (Phi) is 1.87. The van der Waals surface area contributed by atoms with E-state index in [-0.39, 0.29) is 0 Å². The lowest BCUT2D eigenvalue weighted by atomic mass is 10.1. The Bertz CT molecular complexity index is 657. The third-order valence-corrected chi connectivity index (χ3v) is 3.88. The van der Waals surface area contributed by atoms with Crippen LogP contribution in [0.5, 0.6) is 5.75 Å². The quantitative estimate of drug-likeness (QED) is 0.611. The van der Waals surface area contributed by atoms with E-state index in [9.17, 15) is 5.11 Å². The Hall–Kier alpha value is -1.25. The summed E-state index contributed by atoms with van der Waals surface area (Å²) < 4.78 is 2.07. The summed E-state index contributed by atoms with van der Waals surface area (Å²) in [5.74, 6) is 0.338. The van der Waals surface area contributed by atoms with Crippen LogP contribution in [-0.4, -0.2) is 5.11 Å². The Morgan fingerprint density at radius 2 is 1.93 bits per heavy atom. The fourth-order valence-electron chi connectivity index (χ4n) is 1.76. The minimum atomic E-state index is 0.338. The van der Waals surface area contributed by atoms with Gasteiger partial charge in [0.1, 0.15) is 5.75 Å². The van der Waals surface area contributed by atoms with Crippen molar-refractivity contribution in [2.24, 2.45) is 0 Å². The molecule has 0 aliphatic heterocycles. The number of aromatic hydroxyl groups is 1. The molecule has 1 heterocycles. The van der Waals surface area contributed by atoms with Gasteiger partial charge in [-0.2, -0.15) is 0 Å². The molecule has 0 saturated heterocycles. The van der Waals surface area contributed by atoms with Gasteiger partial charge in [-0.15, -0.1) is 11.3 Å². The maximum Gasteiger partial charge on any atom is 0.133 e. The van der Waals surface area contributed by atoms with Crippen LogP contribution < -0.4 is 0 Å². The molecule has 3 heteroatoms. The van der Waals surface area contributed by atoms with Gasteiger partial charge in [0.25, 0.3) is 0 Å². The van der Waals surface area contributed by atoms with Crippen LogP contribution in [0.4, 0.5) is 0 Å². The molecule has 74 valence electrons. The molecule has 1 nitrogen and oxygen atoms in total. The van der Waals surface area contributed by atoms with Crippen LogP contribution in [0.2, 0.25) is 5.02 Å². The number of benzene rings is 2. The number of hydrogen-bond acceptors (Lipinski definition) is 2. The molecule has 15 heavy (non-hydrogen) atoms. The number of thiophene rings is 1. The standard InChI is InChI=1S/C12H7ClOS/c13-7-4-5-11-9(6-7)8-2-1-3-10(14)12(8)15-11/h1-6,14H. The van der Waals surface area contributed by atoms with E-state index in [1.54, 1.807) is 17.4 Å². The van der Waals surface area contributed by atoms with Crippen molar-refractivity contribution >= 4 is 43.1 Å². The highest BCUT2D eigenvalue weighted by Gasteiger charge is 2.07. The van der Waals surface area contributed by atoms with E-state index in [1.807, 2.05) is 30.3 Å². The Balaban J connectivity index is 2.58. The molecule has 0 fully saturated rings. The molecule has 0 aliphatic rings. The lowest BCUT2D eigenvalue weighted by Crippen LogP contribution is -1.67. The van der Waals surface area contributed by atoms with E-state index >= 15 is 0 Å². The molecule has 0 atom stereocenters. The summed E-state index contributed by atoms with van der Waals surface area (Å²) in [7, 11) is 0. The van der Waals surface area contributed by atoms with Gasteiger partial charge in [-0.05, 0) is 24.3 Å². The SMILES string of the molecule is Oc1cccc2c1sc1ccc(Cl)cc12. The second-order valence-corrected chi connectivity index (χ2v) is 4.89. The summed E-state index contributed by atoms with van der Waals surface area (Å²) in [6.45, 7) is 0. The van der Waals surface area contributed by atoms with Crippen LogP contribution in [0.3, 0.4) is 0 Å². The molecule has 0 amide bonds. The van der Waals surface area contributed by atoms with Gasteiger partial charge in [-0.1, -0.05) is 23.7 Å². The summed E-state index contributed by atoms with van der Waals surface area (Å²) >= 11 is 7.55. The fourth-order valence-corrected chi connectivity index (χ4v) is 3.02. The first-order chi connectivity index (χ1) is 7.25. The molecule has 0 unspecified atom stereocenters. The fraction of sp³-hybridized carbons (Fsp3) is 0. The summed E-state index contributed by atoms with van der Waals surface area (Å²) in [4.78, 5) is 0. The second-order valence-electron chi connectivity index (χ2n) is 3.40. The second kappa shape index (κ2) is 3.12. The van der Waals surface area contributed by atoms with Crippen LogP contribution in [0, 0.1) is 0 Å². The van der Waals surface area contributed by atoms with Crippen LogP contribution in [0.15, 0.2) is 36.4 Å². The average Bonchev–Trinajstić information content (AvgIpc) is 2.58. The highest BCUT2D eigenvalue weighted by Crippen LogP contribution is 2.39. The zero-order valence-electron chi connectivity index (χ0n) is 7.70. The third kappa shape index (κ3) is 1.29. The van der Waals surface area contributed by atoms with Gasteiger partial charge >= 0.3 is 0 Å². The van der Waals surface area contributed by atoms with Crippen molar-refractivity contribution in [3.05, 3.63) is 41.4 Å². The molecule has 1 N–H and O–H groups in total. The number of phenols is 1. The molecule has 0 spiro atoms. The van der Waals surface area contributed by atoms with E-state index in [4.69, 9.17) is 11.6 Å². The molecule has 0 radical (unpaired) electrons. The molecule has 2 aromatic carbocycles. The number of fused-ring (bicyclic) bond motifs is 3. The zero-order valence-corrected chi connectivity index (χ0v) is 9.27. The zero-order chi connectivity index (χ0) is 10.4. The smallest absolute Gasteiger partial charge is 0.133 e. The summed E-state index contributed by atoms with van der Waals surface area (Å²) in [6.07, 6.45) is 0. The molecule has 0 bridgehead atoms. The average molecular weight is 235 g/mol. The van der Waals surface area contributed by atoms with Crippen LogP contribution >= 0.6 is 22.9 Å². The van der Waals surface area contributed by atoms with Crippen molar-refractivity contribution in [1.82, 2.24) is 0 Å². The van der Waals surface area contributed by atoms with E-state index < -0.39 is 0 Å². The Labute approximate surface area is 95.5 Å². The van der Waals surface area contributed by atoms with Gasteiger partial charge in [0.15, 0.2) is 0 Å². The molecule has 1 aromatic heterocycles. The molecule has 0 saturated carbocycles. The van der Waals surface area contributed by atoms with Crippen molar-refractivity contribution in [3.8, 4) is 5.75 Å². The summed E-state index contributed by atoms with van der Waals surface area (Å²) in [5, 5.41) is 12.6. The maximum atomic E-state index is 9.72. The lowest BCUT2D eigenvalue weighted by Gasteiger charge is -1.93. The first-order valence-electron chi connectivity index (χ1n) is 4.55. The van der Waals surface area contributed by atoms with E-state index in [1.165, 1.54) is 0 Å². The Morgan fingerprint density at radius 1 is 1.07 bits per heavy atom. The van der Waals surface area contributed by atoms with Gasteiger partial charge in [-0.25, -0.2) is 0 Å². The maximum absolute atomic E-state index is 9.72. The van der Waals surface area contributed by atoms with Gasteiger partial charge in [-0.3, -0.25) is 0 Å². The summed E-state index contributed by atoms with van der Waals surface area (Å²) in [5.41, 5.74) is 0. The molecular formula is C12H7ClOS. The number of phenolic OH excluding ortho intramolecular Hbond substituents is 1. The highest BCUT2D eigenvalue weighted by atomic mass is 35.5. The van der Waals surface area contributed by atoms with E-state index in [0.29, 0.717) is 5.75 Å². The summed E-state index contributed by atoms with van der Waals surface area (Å²) in [6, 6.07) is 11.4. The Morgan fingerprint density at radius 3 is 2.80 bits per heavy atom. The number of rotatable bonds is 0. The van der Waals surface area contributed by atoms with Crippen LogP contribution in [-0.2, 0) is 0 Å². The van der Waals surface area contributed by atoms with Crippen LogP contribution in [0.25, 0.3) is 20.2 Å².